The standard InChI is InChI=1S/C17H14ClF2N3O2/c18-10-1-6-14(13(20)9-10)21-17(25)22-15-7-8-23(16(15)24)12-4-2-11(19)3-5-12/h1-6,9,15H,7-8H2,(H2,21,22,25)/t15-/m1/s1. The average molecular weight is 366 g/mol. The van der Waals surface area contributed by atoms with E-state index < -0.39 is 23.7 Å². The summed E-state index contributed by atoms with van der Waals surface area (Å²) in [6.45, 7) is 0.394. The first-order valence-electron chi connectivity index (χ1n) is 7.53. The molecule has 1 heterocycles. The number of anilines is 2. The minimum absolute atomic E-state index is 0.0391. The van der Waals surface area contributed by atoms with Crippen molar-refractivity contribution in [2.45, 2.75) is 12.5 Å². The molecule has 0 spiro atoms. The molecule has 8 heteroatoms. The predicted octanol–water partition coefficient (Wildman–Crippen LogP) is 3.55. The highest BCUT2D eigenvalue weighted by atomic mass is 35.5. The van der Waals surface area contributed by atoms with Crippen molar-refractivity contribution in [1.82, 2.24) is 5.32 Å². The Kier molecular flexibility index (Phi) is 4.85. The first-order valence-corrected chi connectivity index (χ1v) is 7.91. The minimum Gasteiger partial charge on any atom is -0.326 e. The van der Waals surface area contributed by atoms with Gasteiger partial charge in [0, 0.05) is 17.3 Å². The quantitative estimate of drug-likeness (QED) is 0.873. The van der Waals surface area contributed by atoms with E-state index in [-0.39, 0.29) is 16.6 Å². The number of amides is 3. The van der Waals surface area contributed by atoms with Gasteiger partial charge in [0.15, 0.2) is 0 Å². The molecule has 0 aromatic heterocycles. The topological polar surface area (TPSA) is 61.4 Å². The summed E-state index contributed by atoms with van der Waals surface area (Å²) in [6, 6.07) is 7.95. The van der Waals surface area contributed by atoms with Crippen LogP contribution in [0.5, 0.6) is 0 Å². The Morgan fingerprint density at radius 1 is 1.16 bits per heavy atom. The Morgan fingerprint density at radius 3 is 2.56 bits per heavy atom. The zero-order valence-corrected chi connectivity index (χ0v) is 13.7. The summed E-state index contributed by atoms with van der Waals surface area (Å²) in [6.07, 6.45) is 0.396. The minimum atomic E-state index is -0.736. The van der Waals surface area contributed by atoms with Crippen molar-refractivity contribution in [2.75, 3.05) is 16.8 Å². The highest BCUT2D eigenvalue weighted by Crippen LogP contribution is 2.22. The summed E-state index contributed by atoms with van der Waals surface area (Å²) < 4.78 is 26.7. The number of carbonyl (C=O) groups is 2. The summed E-state index contributed by atoms with van der Waals surface area (Å²) in [5.74, 6) is -1.37. The van der Waals surface area contributed by atoms with Gasteiger partial charge in [-0.05, 0) is 48.9 Å². The van der Waals surface area contributed by atoms with Gasteiger partial charge in [-0.1, -0.05) is 11.6 Å². The van der Waals surface area contributed by atoms with Gasteiger partial charge in [0.1, 0.15) is 17.7 Å². The van der Waals surface area contributed by atoms with Crippen molar-refractivity contribution in [1.29, 1.82) is 0 Å². The number of nitrogens with one attached hydrogen (secondary N) is 2. The smallest absolute Gasteiger partial charge is 0.319 e. The number of hydrogen-bond acceptors (Lipinski definition) is 2. The van der Waals surface area contributed by atoms with Gasteiger partial charge >= 0.3 is 6.03 Å². The maximum atomic E-state index is 13.7. The SMILES string of the molecule is O=C(Nc1ccc(Cl)cc1F)N[C@@H]1CCN(c2ccc(F)cc2)C1=O. The fourth-order valence-corrected chi connectivity index (χ4v) is 2.76. The Labute approximate surface area is 147 Å². The zero-order valence-electron chi connectivity index (χ0n) is 12.9. The summed E-state index contributed by atoms with van der Waals surface area (Å²) in [5, 5.41) is 5.07. The monoisotopic (exact) mass is 365 g/mol. The first kappa shape index (κ1) is 17.2. The van der Waals surface area contributed by atoms with Crippen molar-refractivity contribution >= 4 is 34.9 Å². The number of benzene rings is 2. The fourth-order valence-electron chi connectivity index (χ4n) is 2.60. The van der Waals surface area contributed by atoms with Crippen LogP contribution in [0, 0.1) is 11.6 Å². The van der Waals surface area contributed by atoms with Crippen molar-refractivity contribution in [3.63, 3.8) is 0 Å². The van der Waals surface area contributed by atoms with Crippen molar-refractivity contribution in [3.8, 4) is 0 Å². The van der Waals surface area contributed by atoms with Crippen LogP contribution in [0.2, 0.25) is 5.02 Å². The van der Waals surface area contributed by atoms with Gasteiger partial charge in [0.05, 0.1) is 5.69 Å². The molecular formula is C17H14ClF2N3O2. The van der Waals surface area contributed by atoms with Crippen LogP contribution in [-0.2, 0) is 4.79 Å². The molecule has 2 aromatic carbocycles. The summed E-state index contributed by atoms with van der Waals surface area (Å²) in [5.41, 5.74) is 0.516. The molecule has 0 radical (unpaired) electrons. The largest absolute Gasteiger partial charge is 0.326 e. The fraction of sp³-hybridized carbons (Fsp3) is 0.176. The van der Waals surface area contributed by atoms with Crippen molar-refractivity contribution < 1.29 is 18.4 Å². The second kappa shape index (κ2) is 7.06. The van der Waals surface area contributed by atoms with E-state index in [0.717, 1.165) is 6.07 Å². The van der Waals surface area contributed by atoms with E-state index in [4.69, 9.17) is 11.6 Å². The normalized spacial score (nSPS) is 16.8. The molecule has 1 atom stereocenters. The van der Waals surface area contributed by atoms with Gasteiger partial charge in [0.2, 0.25) is 5.91 Å². The third-order valence-corrected chi connectivity index (χ3v) is 4.06. The van der Waals surface area contributed by atoms with Crippen molar-refractivity contribution in [2.24, 2.45) is 0 Å². The van der Waals surface area contributed by atoms with Crippen LogP contribution in [0.4, 0.5) is 25.0 Å². The van der Waals surface area contributed by atoms with Crippen LogP contribution in [0.25, 0.3) is 0 Å². The lowest BCUT2D eigenvalue weighted by atomic mass is 10.2. The van der Waals surface area contributed by atoms with E-state index in [1.54, 1.807) is 0 Å². The number of halogens is 3. The number of carbonyl (C=O) groups excluding carboxylic acids is 2. The number of hydrogen-bond donors (Lipinski definition) is 2. The molecule has 2 N–H and O–H groups in total. The number of urea groups is 1. The highest BCUT2D eigenvalue weighted by Gasteiger charge is 2.33. The van der Waals surface area contributed by atoms with E-state index >= 15 is 0 Å². The van der Waals surface area contributed by atoms with E-state index in [2.05, 4.69) is 10.6 Å². The Morgan fingerprint density at radius 2 is 1.88 bits per heavy atom. The maximum Gasteiger partial charge on any atom is 0.319 e. The highest BCUT2D eigenvalue weighted by molar-refractivity contribution is 6.30. The third kappa shape index (κ3) is 3.88. The van der Waals surface area contributed by atoms with Gasteiger partial charge in [-0.15, -0.1) is 0 Å². The molecule has 1 aliphatic rings. The molecule has 1 saturated heterocycles. The Bertz CT molecular complexity index is 814. The molecule has 1 aliphatic heterocycles. The summed E-state index contributed by atoms with van der Waals surface area (Å²) in [4.78, 5) is 25.9. The van der Waals surface area contributed by atoms with Crippen LogP contribution < -0.4 is 15.5 Å². The van der Waals surface area contributed by atoms with Gasteiger partial charge in [-0.3, -0.25) is 4.79 Å². The zero-order chi connectivity index (χ0) is 18.0. The molecular weight excluding hydrogens is 352 g/mol. The molecule has 0 aliphatic carbocycles. The van der Waals surface area contributed by atoms with E-state index in [9.17, 15) is 18.4 Å². The lowest BCUT2D eigenvalue weighted by Gasteiger charge is -2.17. The molecule has 25 heavy (non-hydrogen) atoms. The van der Waals surface area contributed by atoms with E-state index in [0.29, 0.717) is 18.7 Å². The molecule has 1 fully saturated rings. The molecule has 130 valence electrons. The number of nitrogens with zero attached hydrogens (tertiary/aromatic N) is 1. The molecule has 0 saturated carbocycles. The van der Waals surface area contributed by atoms with Crippen molar-refractivity contribution in [3.05, 3.63) is 59.1 Å². The lowest BCUT2D eigenvalue weighted by molar-refractivity contribution is -0.118. The van der Waals surface area contributed by atoms with Gasteiger partial charge in [0.25, 0.3) is 0 Å². The predicted molar refractivity (Wildman–Crippen MR) is 90.7 cm³/mol. The molecule has 0 bridgehead atoms. The van der Waals surface area contributed by atoms with E-state index in [1.807, 2.05) is 0 Å². The van der Waals surface area contributed by atoms with Gasteiger partial charge in [-0.25, -0.2) is 13.6 Å². The lowest BCUT2D eigenvalue weighted by Crippen LogP contribution is -2.43. The number of rotatable bonds is 3. The van der Waals surface area contributed by atoms with E-state index in [1.165, 1.54) is 41.3 Å². The van der Waals surface area contributed by atoms with Crippen LogP contribution in [0.3, 0.4) is 0 Å². The Hall–Kier alpha value is -2.67. The van der Waals surface area contributed by atoms with Crippen LogP contribution >= 0.6 is 11.6 Å². The second-order valence-electron chi connectivity index (χ2n) is 5.53. The van der Waals surface area contributed by atoms with Gasteiger partial charge < -0.3 is 15.5 Å². The summed E-state index contributed by atoms with van der Waals surface area (Å²) in [7, 11) is 0. The molecule has 3 amide bonds. The second-order valence-corrected chi connectivity index (χ2v) is 5.97. The van der Waals surface area contributed by atoms with Crippen LogP contribution in [0.1, 0.15) is 6.42 Å². The Balaban J connectivity index is 1.62. The maximum absolute atomic E-state index is 13.7. The summed E-state index contributed by atoms with van der Waals surface area (Å²) >= 11 is 5.65. The molecule has 2 aromatic rings. The first-order chi connectivity index (χ1) is 11.9. The molecule has 5 nitrogen and oxygen atoms in total. The average Bonchev–Trinajstić information content (AvgIpc) is 2.92. The molecule has 3 rings (SSSR count). The van der Waals surface area contributed by atoms with Crippen LogP contribution in [0.15, 0.2) is 42.5 Å². The third-order valence-electron chi connectivity index (χ3n) is 3.83. The van der Waals surface area contributed by atoms with Crippen LogP contribution in [-0.4, -0.2) is 24.5 Å². The van der Waals surface area contributed by atoms with Gasteiger partial charge in [-0.2, -0.15) is 0 Å². The molecule has 0 unspecified atom stereocenters.